The Balaban J connectivity index is 1.56. The number of esters is 1. The van der Waals surface area contributed by atoms with Crippen molar-refractivity contribution in [2.45, 2.75) is 13.3 Å². The van der Waals surface area contributed by atoms with Gasteiger partial charge >= 0.3 is 5.97 Å². The fourth-order valence-electron chi connectivity index (χ4n) is 3.54. The average Bonchev–Trinajstić information content (AvgIpc) is 2.75. The first-order chi connectivity index (χ1) is 14.1. The third kappa shape index (κ3) is 3.61. The van der Waals surface area contributed by atoms with Crippen LogP contribution in [-0.4, -0.2) is 32.4 Å². The molecular weight excluding hydrogens is 368 g/mol. The molecule has 3 aromatic rings. The molecule has 0 amide bonds. The van der Waals surface area contributed by atoms with Gasteiger partial charge in [-0.25, -0.2) is 9.86 Å². The van der Waals surface area contributed by atoms with E-state index in [4.69, 9.17) is 14.4 Å². The summed E-state index contributed by atoms with van der Waals surface area (Å²) in [6.07, 6.45) is 0.827. The molecule has 2 heterocycles. The molecule has 148 valence electrons. The third-order valence-electron chi connectivity index (χ3n) is 4.98. The van der Waals surface area contributed by atoms with Crippen molar-refractivity contribution in [3.05, 3.63) is 71.3 Å². The summed E-state index contributed by atoms with van der Waals surface area (Å²) >= 11 is 0. The average molecular weight is 390 g/mol. The lowest BCUT2D eigenvalue weighted by Gasteiger charge is -2.32. The Morgan fingerprint density at radius 1 is 1.07 bits per heavy atom. The van der Waals surface area contributed by atoms with Gasteiger partial charge in [-0.1, -0.05) is 47.6 Å². The molecule has 3 aromatic carbocycles. The van der Waals surface area contributed by atoms with Crippen LogP contribution in [0, 0.1) is 6.92 Å². The number of aryl methyl sites for hydroxylation is 1. The molecule has 0 radical (unpaired) electrons. The Kier molecular flexibility index (Phi) is 5.08. The monoisotopic (exact) mass is 390 g/mol. The molecule has 0 saturated heterocycles. The van der Waals surface area contributed by atoms with E-state index in [-0.39, 0.29) is 5.71 Å². The second kappa shape index (κ2) is 7.83. The van der Waals surface area contributed by atoms with Crippen molar-refractivity contribution >= 4 is 28.1 Å². The van der Waals surface area contributed by atoms with E-state index >= 15 is 0 Å². The van der Waals surface area contributed by atoms with Gasteiger partial charge in [0.15, 0.2) is 11.5 Å². The van der Waals surface area contributed by atoms with Gasteiger partial charge in [-0.2, -0.15) is 0 Å². The number of hydrogen-bond acceptors (Lipinski definition) is 6. The molecule has 0 spiro atoms. The van der Waals surface area contributed by atoms with Crippen molar-refractivity contribution in [1.82, 2.24) is 0 Å². The molecular formula is C23H22N2O4. The number of anilines is 1. The topological polar surface area (TPSA) is 60.4 Å². The van der Waals surface area contributed by atoms with Crippen LogP contribution in [0.2, 0.25) is 0 Å². The van der Waals surface area contributed by atoms with Gasteiger partial charge < -0.3 is 14.4 Å². The number of hydroxylamine groups is 1. The van der Waals surface area contributed by atoms with Crippen molar-refractivity contribution in [2.75, 3.05) is 25.8 Å². The van der Waals surface area contributed by atoms with Crippen LogP contribution in [0.15, 0.2) is 59.8 Å². The maximum absolute atomic E-state index is 12.1. The maximum Gasteiger partial charge on any atom is 0.360 e. The SMILES string of the molecule is CON=C(C(=O)OC)c1cc2cc(C)c1ON2CCc1ccc2ccccc2c1. The number of fused-ring (bicyclic) bond motifs is 4. The number of oxime groups is 1. The highest BCUT2D eigenvalue weighted by molar-refractivity contribution is 6.44. The molecule has 2 bridgehead atoms. The standard InChI is InChI=1S/C23H22N2O4/c1-15-12-19-14-20(21(24-28-3)23(26)27-2)22(15)29-25(19)11-10-16-8-9-17-6-4-5-7-18(17)13-16/h4-9,12-14H,10-11H2,1-3H3. The van der Waals surface area contributed by atoms with E-state index in [0.29, 0.717) is 17.9 Å². The van der Waals surface area contributed by atoms with Crippen molar-refractivity contribution < 1.29 is 19.2 Å². The van der Waals surface area contributed by atoms with Gasteiger partial charge in [0.05, 0.1) is 24.9 Å². The number of methoxy groups -OCH3 is 1. The van der Waals surface area contributed by atoms with Gasteiger partial charge in [0.25, 0.3) is 0 Å². The molecule has 5 rings (SSSR count). The number of benzene rings is 3. The summed E-state index contributed by atoms with van der Waals surface area (Å²) < 4.78 is 4.83. The Labute approximate surface area is 169 Å². The highest BCUT2D eigenvalue weighted by Gasteiger charge is 2.29. The van der Waals surface area contributed by atoms with Crippen LogP contribution in [0.1, 0.15) is 16.7 Å². The predicted octanol–water partition coefficient (Wildman–Crippen LogP) is 4.03. The maximum atomic E-state index is 12.1. The van der Waals surface area contributed by atoms with Crippen molar-refractivity contribution in [1.29, 1.82) is 0 Å². The van der Waals surface area contributed by atoms with E-state index in [1.165, 1.54) is 30.6 Å². The lowest BCUT2D eigenvalue weighted by molar-refractivity contribution is -0.132. The molecule has 0 unspecified atom stereocenters. The normalized spacial score (nSPS) is 12.8. The first-order valence-electron chi connectivity index (χ1n) is 9.38. The smallest absolute Gasteiger partial charge is 0.360 e. The van der Waals surface area contributed by atoms with Crippen LogP contribution in [0.3, 0.4) is 0 Å². The second-order valence-corrected chi connectivity index (χ2v) is 6.88. The van der Waals surface area contributed by atoms with E-state index < -0.39 is 5.97 Å². The van der Waals surface area contributed by atoms with E-state index in [1.54, 1.807) is 0 Å². The first kappa shape index (κ1) is 18.8. The Bertz CT molecular complexity index is 1110. The number of hydrogen-bond donors (Lipinski definition) is 0. The van der Waals surface area contributed by atoms with Gasteiger partial charge in [-0.05, 0) is 47.4 Å². The minimum Gasteiger partial charge on any atom is -0.464 e. The van der Waals surface area contributed by atoms with E-state index in [1.807, 2.05) is 36.3 Å². The molecule has 2 aliphatic rings. The van der Waals surface area contributed by atoms with Gasteiger partial charge in [-0.3, -0.25) is 0 Å². The van der Waals surface area contributed by atoms with E-state index in [0.717, 1.165) is 17.7 Å². The van der Waals surface area contributed by atoms with Crippen molar-refractivity contribution in [3.63, 3.8) is 0 Å². The summed E-state index contributed by atoms with van der Waals surface area (Å²) in [5.41, 5.74) is 3.67. The Morgan fingerprint density at radius 3 is 2.59 bits per heavy atom. The summed E-state index contributed by atoms with van der Waals surface area (Å²) in [5.74, 6) is 0.0116. The number of rotatable bonds is 6. The molecule has 6 nitrogen and oxygen atoms in total. The fourth-order valence-corrected chi connectivity index (χ4v) is 3.54. The number of nitrogens with zero attached hydrogens (tertiary/aromatic N) is 2. The molecule has 0 fully saturated rings. The lowest BCUT2D eigenvalue weighted by Crippen LogP contribution is -2.35. The highest BCUT2D eigenvalue weighted by atomic mass is 16.7. The molecule has 29 heavy (non-hydrogen) atoms. The third-order valence-corrected chi connectivity index (χ3v) is 4.98. The molecule has 0 N–H and O–H groups in total. The zero-order chi connectivity index (χ0) is 20.4. The van der Waals surface area contributed by atoms with Gasteiger partial charge in [0, 0.05) is 0 Å². The van der Waals surface area contributed by atoms with Crippen LogP contribution < -0.4 is 9.90 Å². The fraction of sp³-hybridized carbons (Fsp3) is 0.217. The Hall–Kier alpha value is -3.54. The quantitative estimate of drug-likeness (QED) is 0.361. The van der Waals surface area contributed by atoms with Crippen LogP contribution >= 0.6 is 0 Å². The minimum absolute atomic E-state index is 0.0872. The van der Waals surface area contributed by atoms with Crippen molar-refractivity contribution in [3.8, 4) is 5.75 Å². The number of carbonyl (C=O) groups is 1. The first-order valence-corrected chi connectivity index (χ1v) is 9.38. The molecule has 2 aliphatic heterocycles. The van der Waals surface area contributed by atoms with Crippen molar-refractivity contribution in [2.24, 2.45) is 5.16 Å². The number of carbonyl (C=O) groups excluding carboxylic acids is 1. The zero-order valence-corrected chi connectivity index (χ0v) is 16.6. The lowest BCUT2D eigenvalue weighted by atomic mass is 10.0. The number of ether oxygens (including phenoxy) is 1. The molecule has 0 atom stereocenters. The summed E-state index contributed by atoms with van der Waals surface area (Å²) in [7, 11) is 2.70. The molecule has 6 heteroatoms. The minimum atomic E-state index is -0.571. The van der Waals surface area contributed by atoms with Crippen LogP contribution in [0.5, 0.6) is 5.75 Å². The van der Waals surface area contributed by atoms with Gasteiger partial charge in [0.2, 0.25) is 0 Å². The van der Waals surface area contributed by atoms with E-state index in [2.05, 4.69) is 35.5 Å². The summed E-state index contributed by atoms with van der Waals surface area (Å²) in [5, 5.41) is 8.13. The van der Waals surface area contributed by atoms with Crippen LogP contribution in [0.25, 0.3) is 10.8 Å². The largest absolute Gasteiger partial charge is 0.464 e. The predicted molar refractivity (Wildman–Crippen MR) is 112 cm³/mol. The summed E-state index contributed by atoms with van der Waals surface area (Å²) in [4.78, 5) is 23.0. The highest BCUT2D eigenvalue weighted by Crippen LogP contribution is 2.37. The van der Waals surface area contributed by atoms with Gasteiger partial charge in [0.1, 0.15) is 7.11 Å². The molecule has 0 aromatic heterocycles. The van der Waals surface area contributed by atoms with Crippen LogP contribution in [-0.2, 0) is 20.8 Å². The summed E-state index contributed by atoms with van der Waals surface area (Å²) in [6.45, 7) is 2.62. The van der Waals surface area contributed by atoms with Crippen LogP contribution in [0.4, 0.5) is 5.69 Å². The zero-order valence-electron chi connectivity index (χ0n) is 16.6. The van der Waals surface area contributed by atoms with Gasteiger partial charge in [-0.15, -0.1) is 0 Å². The second-order valence-electron chi connectivity index (χ2n) is 6.88. The Morgan fingerprint density at radius 2 is 1.86 bits per heavy atom. The summed E-state index contributed by atoms with van der Waals surface area (Å²) in [6, 6.07) is 18.7. The molecule has 0 aliphatic carbocycles. The van der Waals surface area contributed by atoms with E-state index in [9.17, 15) is 4.79 Å². The molecule has 0 saturated carbocycles.